The minimum absolute atomic E-state index is 0.0267. The second-order valence-electron chi connectivity index (χ2n) is 6.13. The van der Waals surface area contributed by atoms with Crippen LogP contribution >= 0.6 is 0 Å². The third-order valence-corrected chi connectivity index (χ3v) is 3.79. The lowest BCUT2D eigenvalue weighted by atomic mass is 10.0. The predicted octanol–water partition coefficient (Wildman–Crippen LogP) is 3.20. The van der Waals surface area contributed by atoms with Gasteiger partial charge in [-0.05, 0) is 31.4 Å². The Morgan fingerprint density at radius 1 is 1.27 bits per heavy atom. The topological polar surface area (TPSA) is 53.4 Å². The number of carbonyl (C=O) groups is 1. The van der Waals surface area contributed by atoms with E-state index in [1.807, 2.05) is 30.3 Å². The zero-order chi connectivity index (χ0) is 16.3. The molecule has 22 heavy (non-hydrogen) atoms. The molecule has 0 saturated heterocycles. The molecule has 0 spiro atoms. The maximum Gasteiger partial charge on any atom is 0.254 e. The van der Waals surface area contributed by atoms with E-state index in [1.54, 1.807) is 18.9 Å². The van der Waals surface area contributed by atoms with Crippen LogP contribution in [0, 0.1) is 0 Å². The van der Waals surface area contributed by atoms with Crippen LogP contribution in [-0.2, 0) is 0 Å². The number of aromatic nitrogens is 1. The zero-order valence-corrected chi connectivity index (χ0v) is 13.7. The summed E-state index contributed by atoms with van der Waals surface area (Å²) in [5.41, 5.74) is 2.45. The molecular formula is C18H24N2O2. The summed E-state index contributed by atoms with van der Waals surface area (Å²) < 4.78 is 0. The Morgan fingerprint density at radius 2 is 1.95 bits per heavy atom. The Balaban J connectivity index is 2.42. The highest BCUT2D eigenvalue weighted by atomic mass is 16.3. The predicted molar refractivity (Wildman–Crippen MR) is 89.1 cm³/mol. The molecule has 1 aromatic carbocycles. The van der Waals surface area contributed by atoms with Gasteiger partial charge in [-0.15, -0.1) is 0 Å². The number of benzene rings is 1. The number of hydrogen-bond donors (Lipinski definition) is 1. The zero-order valence-electron chi connectivity index (χ0n) is 13.7. The Bertz CT molecular complexity index is 665. The van der Waals surface area contributed by atoms with E-state index < -0.39 is 6.10 Å². The van der Waals surface area contributed by atoms with E-state index in [-0.39, 0.29) is 11.8 Å². The van der Waals surface area contributed by atoms with Crippen LogP contribution in [0.1, 0.15) is 49.2 Å². The monoisotopic (exact) mass is 300 g/mol. The Labute approximate surface area is 131 Å². The lowest BCUT2D eigenvalue weighted by Crippen LogP contribution is -2.29. The van der Waals surface area contributed by atoms with Crippen molar-refractivity contribution in [3.8, 4) is 0 Å². The number of fused-ring (bicyclic) bond motifs is 1. The van der Waals surface area contributed by atoms with Crippen molar-refractivity contribution in [3.63, 3.8) is 0 Å². The molecule has 4 heteroatoms. The fourth-order valence-corrected chi connectivity index (χ4v) is 2.36. The molecule has 2 rings (SSSR count). The molecule has 0 radical (unpaired) electrons. The Kier molecular flexibility index (Phi) is 5.14. The number of nitrogens with zero attached hydrogens (tertiary/aromatic N) is 2. The lowest BCUT2D eigenvalue weighted by Gasteiger charge is -2.20. The van der Waals surface area contributed by atoms with Gasteiger partial charge in [-0.25, -0.2) is 0 Å². The number of carbonyl (C=O) groups excluding carboxylic acids is 1. The summed E-state index contributed by atoms with van der Waals surface area (Å²) >= 11 is 0. The number of rotatable bonds is 5. The molecule has 1 amide bonds. The van der Waals surface area contributed by atoms with E-state index in [4.69, 9.17) is 0 Å². The molecule has 0 aliphatic heterocycles. The first-order valence-electron chi connectivity index (χ1n) is 7.73. The number of aliphatic hydroxyl groups excluding tert-OH is 1. The summed E-state index contributed by atoms with van der Waals surface area (Å²) in [6.45, 7) is 6.41. The second kappa shape index (κ2) is 6.88. The minimum Gasteiger partial charge on any atom is -0.393 e. The minimum atomic E-state index is -0.407. The highest BCUT2D eigenvalue weighted by molar-refractivity contribution is 6.06. The smallest absolute Gasteiger partial charge is 0.254 e. The molecule has 1 aromatic heterocycles. The maximum absolute atomic E-state index is 12.8. The molecule has 118 valence electrons. The van der Waals surface area contributed by atoms with Gasteiger partial charge in [0.2, 0.25) is 0 Å². The van der Waals surface area contributed by atoms with Crippen molar-refractivity contribution < 1.29 is 9.90 Å². The number of para-hydroxylation sites is 1. The van der Waals surface area contributed by atoms with Crippen molar-refractivity contribution in [1.29, 1.82) is 0 Å². The molecule has 0 aliphatic carbocycles. The lowest BCUT2D eigenvalue weighted by molar-refractivity contribution is 0.0770. The van der Waals surface area contributed by atoms with Crippen molar-refractivity contribution in [1.82, 2.24) is 9.88 Å². The van der Waals surface area contributed by atoms with Crippen molar-refractivity contribution in [3.05, 3.63) is 41.6 Å². The van der Waals surface area contributed by atoms with Gasteiger partial charge < -0.3 is 10.0 Å². The highest BCUT2D eigenvalue weighted by Crippen LogP contribution is 2.23. The van der Waals surface area contributed by atoms with Crippen LogP contribution in [0.25, 0.3) is 10.9 Å². The van der Waals surface area contributed by atoms with Gasteiger partial charge in [-0.1, -0.05) is 32.0 Å². The number of hydrogen-bond acceptors (Lipinski definition) is 3. The first kappa shape index (κ1) is 16.4. The molecule has 1 N–H and O–H groups in total. The van der Waals surface area contributed by atoms with Crippen LogP contribution in [0.15, 0.2) is 30.3 Å². The summed E-state index contributed by atoms with van der Waals surface area (Å²) in [6.07, 6.45) is 0.165. The van der Waals surface area contributed by atoms with Gasteiger partial charge in [0.05, 0.1) is 17.2 Å². The first-order chi connectivity index (χ1) is 10.4. The van der Waals surface area contributed by atoms with Crippen LogP contribution < -0.4 is 0 Å². The van der Waals surface area contributed by atoms with Gasteiger partial charge in [-0.3, -0.25) is 9.78 Å². The van der Waals surface area contributed by atoms with Crippen molar-refractivity contribution >= 4 is 16.8 Å². The molecule has 0 bridgehead atoms. The molecular weight excluding hydrogens is 276 g/mol. The van der Waals surface area contributed by atoms with Crippen LogP contribution in [0.4, 0.5) is 0 Å². The number of pyridine rings is 1. The standard InChI is InChI=1S/C18H24N2O2/c1-12(2)17-11-15(14-7-5-6-8-16(14)19-17)18(22)20(4)10-9-13(3)21/h5-8,11-13,21H,9-10H2,1-4H3. The molecule has 0 aliphatic rings. The van der Waals surface area contributed by atoms with E-state index in [1.165, 1.54) is 0 Å². The summed E-state index contributed by atoms with van der Waals surface area (Å²) in [5.74, 6) is 0.236. The van der Waals surface area contributed by atoms with Crippen LogP contribution in [-0.4, -0.2) is 40.6 Å². The molecule has 0 saturated carbocycles. The Morgan fingerprint density at radius 3 is 2.59 bits per heavy atom. The van der Waals surface area contributed by atoms with Gasteiger partial charge in [-0.2, -0.15) is 0 Å². The highest BCUT2D eigenvalue weighted by Gasteiger charge is 2.17. The van der Waals surface area contributed by atoms with Gasteiger partial charge in [0.15, 0.2) is 0 Å². The fourth-order valence-electron chi connectivity index (χ4n) is 2.36. The van der Waals surface area contributed by atoms with E-state index in [9.17, 15) is 9.90 Å². The molecule has 0 fully saturated rings. The number of amides is 1. The molecule has 2 aromatic rings. The largest absolute Gasteiger partial charge is 0.393 e. The molecule has 1 atom stereocenters. The van der Waals surface area contributed by atoms with E-state index in [2.05, 4.69) is 18.8 Å². The van der Waals surface area contributed by atoms with Crippen LogP contribution in [0.3, 0.4) is 0 Å². The van der Waals surface area contributed by atoms with Gasteiger partial charge >= 0.3 is 0 Å². The van der Waals surface area contributed by atoms with E-state index >= 15 is 0 Å². The van der Waals surface area contributed by atoms with Gasteiger partial charge in [0.25, 0.3) is 5.91 Å². The fraction of sp³-hybridized carbons (Fsp3) is 0.444. The van der Waals surface area contributed by atoms with E-state index in [0.29, 0.717) is 18.5 Å². The average Bonchev–Trinajstić information content (AvgIpc) is 2.50. The van der Waals surface area contributed by atoms with Crippen molar-refractivity contribution in [2.45, 2.75) is 39.2 Å². The third-order valence-electron chi connectivity index (χ3n) is 3.79. The second-order valence-corrected chi connectivity index (χ2v) is 6.13. The summed E-state index contributed by atoms with van der Waals surface area (Å²) in [5, 5.41) is 10.3. The molecule has 1 unspecified atom stereocenters. The maximum atomic E-state index is 12.8. The Hall–Kier alpha value is -1.94. The van der Waals surface area contributed by atoms with Crippen LogP contribution in [0.2, 0.25) is 0 Å². The number of aliphatic hydroxyl groups is 1. The molecule has 1 heterocycles. The van der Waals surface area contributed by atoms with Crippen molar-refractivity contribution in [2.75, 3.05) is 13.6 Å². The first-order valence-corrected chi connectivity index (χ1v) is 7.73. The van der Waals surface area contributed by atoms with E-state index in [0.717, 1.165) is 16.6 Å². The molecule has 4 nitrogen and oxygen atoms in total. The summed E-state index contributed by atoms with van der Waals surface area (Å²) in [4.78, 5) is 19.1. The average molecular weight is 300 g/mol. The van der Waals surface area contributed by atoms with Crippen LogP contribution in [0.5, 0.6) is 0 Å². The van der Waals surface area contributed by atoms with Gasteiger partial charge in [0, 0.05) is 24.7 Å². The summed E-state index contributed by atoms with van der Waals surface area (Å²) in [7, 11) is 1.77. The normalized spacial score (nSPS) is 12.6. The summed E-state index contributed by atoms with van der Waals surface area (Å²) in [6, 6.07) is 9.63. The van der Waals surface area contributed by atoms with Gasteiger partial charge in [0.1, 0.15) is 0 Å². The quantitative estimate of drug-likeness (QED) is 0.922. The SMILES string of the molecule is CC(O)CCN(C)C(=O)c1cc(C(C)C)nc2ccccc12. The van der Waals surface area contributed by atoms with Crippen molar-refractivity contribution in [2.24, 2.45) is 0 Å². The third kappa shape index (κ3) is 3.63.